The molecule has 2 aromatic rings. The summed E-state index contributed by atoms with van der Waals surface area (Å²) in [4.78, 5) is 3.95. The zero-order valence-corrected chi connectivity index (χ0v) is 10.0. The molecule has 0 radical (unpaired) electrons. The van der Waals surface area contributed by atoms with E-state index in [4.69, 9.17) is 10.5 Å². The third-order valence-electron chi connectivity index (χ3n) is 2.44. The molecule has 0 aliphatic carbocycles. The van der Waals surface area contributed by atoms with Gasteiger partial charge in [0.1, 0.15) is 0 Å². The van der Waals surface area contributed by atoms with Gasteiger partial charge >= 0.3 is 6.18 Å². The van der Waals surface area contributed by atoms with Crippen molar-refractivity contribution in [2.45, 2.75) is 13.1 Å². The normalized spacial score (nSPS) is 11.4. The van der Waals surface area contributed by atoms with E-state index in [9.17, 15) is 13.2 Å². The van der Waals surface area contributed by atoms with Crippen LogP contribution in [0.25, 0.3) is 0 Å². The zero-order chi connectivity index (χ0) is 14.0. The highest BCUT2D eigenvalue weighted by molar-refractivity contribution is 5.55. The topological polar surface area (TPSA) is 48.1 Å². The lowest BCUT2D eigenvalue weighted by atomic mass is 10.2. The molecule has 1 heterocycles. The molecule has 0 aliphatic heterocycles. The van der Waals surface area contributed by atoms with E-state index in [1.807, 2.05) is 6.92 Å². The summed E-state index contributed by atoms with van der Waals surface area (Å²) in [5, 5.41) is 0. The number of nitrogens with zero attached hydrogens (tertiary/aromatic N) is 1. The third-order valence-corrected chi connectivity index (χ3v) is 2.44. The lowest BCUT2D eigenvalue weighted by Crippen LogP contribution is -2.06. The Labute approximate surface area is 107 Å². The Bertz CT molecular complexity index is 597. The van der Waals surface area contributed by atoms with Crippen LogP contribution in [-0.2, 0) is 6.18 Å². The molecule has 0 saturated carbocycles. The average Bonchev–Trinajstić information content (AvgIpc) is 2.30. The summed E-state index contributed by atoms with van der Waals surface area (Å²) in [6, 6.07) is 6.38. The quantitative estimate of drug-likeness (QED) is 0.843. The monoisotopic (exact) mass is 268 g/mol. The Hall–Kier alpha value is -2.24. The predicted octanol–water partition coefficient (Wildman–Crippen LogP) is 3.78. The summed E-state index contributed by atoms with van der Waals surface area (Å²) in [5.41, 5.74) is 5.58. The molecule has 1 aromatic heterocycles. The Morgan fingerprint density at radius 1 is 1.16 bits per heavy atom. The maximum absolute atomic E-state index is 12.5. The predicted molar refractivity (Wildman–Crippen MR) is 64.9 cm³/mol. The van der Waals surface area contributed by atoms with Crippen LogP contribution in [0.4, 0.5) is 18.9 Å². The van der Waals surface area contributed by atoms with Gasteiger partial charge in [0, 0.05) is 12.3 Å². The number of nitrogens with two attached hydrogens (primary N) is 1. The van der Waals surface area contributed by atoms with Gasteiger partial charge in [-0.1, -0.05) is 0 Å². The van der Waals surface area contributed by atoms with E-state index in [-0.39, 0.29) is 17.3 Å². The van der Waals surface area contributed by atoms with Gasteiger partial charge in [-0.2, -0.15) is 13.2 Å². The number of hydrogen-bond acceptors (Lipinski definition) is 3. The van der Waals surface area contributed by atoms with Gasteiger partial charge in [0.15, 0.2) is 5.75 Å². The number of benzene rings is 1. The van der Waals surface area contributed by atoms with E-state index in [1.165, 1.54) is 6.07 Å². The number of nitrogen functional groups attached to an aromatic ring is 1. The SMILES string of the molecule is Cc1ccnc(Oc2ccc(C(F)(F)F)cc2N)c1. The number of halogens is 3. The zero-order valence-electron chi connectivity index (χ0n) is 10.0. The molecular weight excluding hydrogens is 257 g/mol. The number of aryl methyl sites for hydroxylation is 1. The highest BCUT2D eigenvalue weighted by atomic mass is 19.4. The van der Waals surface area contributed by atoms with Crippen molar-refractivity contribution in [3.05, 3.63) is 47.7 Å². The van der Waals surface area contributed by atoms with E-state index in [0.29, 0.717) is 0 Å². The van der Waals surface area contributed by atoms with Gasteiger partial charge < -0.3 is 10.5 Å². The van der Waals surface area contributed by atoms with Crippen LogP contribution < -0.4 is 10.5 Å². The van der Waals surface area contributed by atoms with Crippen molar-refractivity contribution in [1.29, 1.82) is 0 Å². The first kappa shape index (κ1) is 13.2. The van der Waals surface area contributed by atoms with Crippen LogP contribution in [0.1, 0.15) is 11.1 Å². The van der Waals surface area contributed by atoms with Gasteiger partial charge in [-0.15, -0.1) is 0 Å². The molecule has 2 rings (SSSR count). The summed E-state index contributed by atoms with van der Waals surface area (Å²) in [5.74, 6) is 0.428. The summed E-state index contributed by atoms with van der Waals surface area (Å²) < 4.78 is 42.8. The van der Waals surface area contributed by atoms with Crippen LogP contribution in [0.2, 0.25) is 0 Å². The van der Waals surface area contributed by atoms with Gasteiger partial charge in [-0.05, 0) is 36.8 Å². The summed E-state index contributed by atoms with van der Waals surface area (Å²) in [6.45, 7) is 1.85. The molecule has 100 valence electrons. The molecule has 0 spiro atoms. The summed E-state index contributed by atoms with van der Waals surface area (Å²) >= 11 is 0. The molecule has 3 nitrogen and oxygen atoms in total. The second-order valence-electron chi connectivity index (χ2n) is 4.02. The number of rotatable bonds is 2. The van der Waals surface area contributed by atoms with Gasteiger partial charge in [0.05, 0.1) is 11.3 Å². The Kier molecular flexibility index (Phi) is 3.33. The van der Waals surface area contributed by atoms with Crippen molar-refractivity contribution < 1.29 is 17.9 Å². The molecule has 0 saturated heterocycles. The fraction of sp³-hybridized carbons (Fsp3) is 0.154. The smallest absolute Gasteiger partial charge is 0.416 e. The first-order valence-electron chi connectivity index (χ1n) is 5.43. The van der Waals surface area contributed by atoms with Crippen molar-refractivity contribution in [3.8, 4) is 11.6 Å². The third kappa shape index (κ3) is 3.15. The Balaban J connectivity index is 2.27. The number of anilines is 1. The average molecular weight is 268 g/mol. The van der Waals surface area contributed by atoms with Crippen LogP contribution in [0.3, 0.4) is 0 Å². The van der Waals surface area contributed by atoms with Gasteiger partial charge in [0.2, 0.25) is 5.88 Å². The van der Waals surface area contributed by atoms with Crippen molar-refractivity contribution in [3.63, 3.8) is 0 Å². The van der Waals surface area contributed by atoms with Gasteiger partial charge in [-0.25, -0.2) is 4.98 Å². The van der Waals surface area contributed by atoms with Crippen LogP contribution in [0.5, 0.6) is 11.6 Å². The highest BCUT2D eigenvalue weighted by Crippen LogP contribution is 2.34. The maximum Gasteiger partial charge on any atom is 0.416 e. The van der Waals surface area contributed by atoms with E-state index < -0.39 is 11.7 Å². The van der Waals surface area contributed by atoms with Gasteiger partial charge in [-0.3, -0.25) is 0 Å². The fourth-order valence-corrected chi connectivity index (χ4v) is 1.49. The molecule has 2 N–H and O–H groups in total. The second-order valence-corrected chi connectivity index (χ2v) is 4.02. The van der Waals surface area contributed by atoms with E-state index in [2.05, 4.69) is 4.98 Å². The van der Waals surface area contributed by atoms with Gasteiger partial charge in [0.25, 0.3) is 0 Å². The first-order valence-corrected chi connectivity index (χ1v) is 5.43. The van der Waals surface area contributed by atoms with Crippen molar-refractivity contribution in [1.82, 2.24) is 4.98 Å². The molecule has 0 unspecified atom stereocenters. The second kappa shape index (κ2) is 4.79. The van der Waals surface area contributed by atoms with Crippen LogP contribution >= 0.6 is 0 Å². The molecule has 0 aliphatic rings. The summed E-state index contributed by atoms with van der Waals surface area (Å²) in [6.07, 6.45) is -2.88. The number of aromatic nitrogens is 1. The van der Waals surface area contributed by atoms with Crippen molar-refractivity contribution in [2.75, 3.05) is 5.73 Å². The Morgan fingerprint density at radius 3 is 2.47 bits per heavy atom. The van der Waals surface area contributed by atoms with E-state index in [0.717, 1.165) is 17.7 Å². The van der Waals surface area contributed by atoms with E-state index >= 15 is 0 Å². The minimum Gasteiger partial charge on any atom is -0.437 e. The van der Waals surface area contributed by atoms with Crippen molar-refractivity contribution in [2.24, 2.45) is 0 Å². The minimum atomic E-state index is -4.42. The lowest BCUT2D eigenvalue weighted by molar-refractivity contribution is -0.137. The highest BCUT2D eigenvalue weighted by Gasteiger charge is 2.30. The molecule has 6 heteroatoms. The number of alkyl halides is 3. The fourth-order valence-electron chi connectivity index (χ4n) is 1.49. The standard InChI is InChI=1S/C13H11F3N2O/c1-8-4-5-18-12(6-8)19-11-3-2-9(7-10(11)17)13(14,15)16/h2-7H,17H2,1H3. The molecule has 0 amide bonds. The maximum atomic E-state index is 12.5. The summed E-state index contributed by atoms with van der Waals surface area (Å²) in [7, 11) is 0. The minimum absolute atomic E-state index is 0.0851. The van der Waals surface area contributed by atoms with Crippen LogP contribution in [0, 0.1) is 6.92 Å². The van der Waals surface area contributed by atoms with Crippen molar-refractivity contribution >= 4 is 5.69 Å². The Morgan fingerprint density at radius 2 is 1.89 bits per heavy atom. The molecule has 0 fully saturated rings. The molecular formula is C13H11F3N2O. The van der Waals surface area contributed by atoms with E-state index in [1.54, 1.807) is 18.3 Å². The molecule has 1 aromatic carbocycles. The molecule has 0 bridgehead atoms. The number of pyridine rings is 1. The number of hydrogen-bond donors (Lipinski definition) is 1. The number of ether oxygens (including phenoxy) is 1. The first-order chi connectivity index (χ1) is 8.86. The molecule has 19 heavy (non-hydrogen) atoms. The molecule has 0 atom stereocenters. The largest absolute Gasteiger partial charge is 0.437 e. The van der Waals surface area contributed by atoms with Crippen LogP contribution in [-0.4, -0.2) is 4.98 Å². The van der Waals surface area contributed by atoms with Crippen LogP contribution in [0.15, 0.2) is 36.5 Å². The lowest BCUT2D eigenvalue weighted by Gasteiger charge is -2.11.